The molecule has 3 aromatic rings. The fourth-order valence-corrected chi connectivity index (χ4v) is 3.16. The third-order valence-electron chi connectivity index (χ3n) is 4.40. The fraction of sp³-hybridized carbons (Fsp3) is 0.294. The van der Waals surface area contributed by atoms with Crippen molar-refractivity contribution < 1.29 is 4.79 Å². The minimum absolute atomic E-state index is 0.0220. The van der Waals surface area contributed by atoms with Gasteiger partial charge >= 0.3 is 0 Å². The van der Waals surface area contributed by atoms with Crippen molar-refractivity contribution in [2.24, 2.45) is 0 Å². The Morgan fingerprint density at radius 3 is 3.09 bits per heavy atom. The van der Waals surface area contributed by atoms with Crippen molar-refractivity contribution in [1.29, 1.82) is 0 Å². The Bertz CT molecular complexity index is 901. The van der Waals surface area contributed by atoms with E-state index < -0.39 is 0 Å². The largest absolute Gasteiger partial charge is 0.330 e. The van der Waals surface area contributed by atoms with Crippen LogP contribution in [0.3, 0.4) is 0 Å². The van der Waals surface area contributed by atoms with Crippen LogP contribution in [0.4, 0.5) is 0 Å². The standard InChI is InChI=1S/C17H17N5O/c1-11-8-19-16-7-15(20-22(16)10-11)17(23)21-6-4-13-9-18-5-3-14(13)12(21)2/h3,5,7-10,12H,4,6H2,1-2H3. The molecule has 23 heavy (non-hydrogen) atoms. The number of hydrogen-bond acceptors (Lipinski definition) is 4. The Balaban J connectivity index is 1.68. The number of aromatic nitrogens is 4. The van der Waals surface area contributed by atoms with Gasteiger partial charge in [0.25, 0.3) is 5.91 Å². The van der Waals surface area contributed by atoms with E-state index in [-0.39, 0.29) is 11.9 Å². The molecule has 0 fully saturated rings. The van der Waals surface area contributed by atoms with E-state index >= 15 is 0 Å². The van der Waals surface area contributed by atoms with E-state index in [0.717, 1.165) is 17.5 Å². The van der Waals surface area contributed by atoms with Gasteiger partial charge < -0.3 is 4.90 Å². The average Bonchev–Trinajstić information content (AvgIpc) is 2.98. The zero-order chi connectivity index (χ0) is 16.0. The van der Waals surface area contributed by atoms with Gasteiger partial charge in [0.15, 0.2) is 11.3 Å². The van der Waals surface area contributed by atoms with Crippen molar-refractivity contribution in [3.8, 4) is 0 Å². The van der Waals surface area contributed by atoms with Gasteiger partial charge in [0.05, 0.1) is 6.04 Å². The number of hydrogen-bond donors (Lipinski definition) is 0. The predicted molar refractivity (Wildman–Crippen MR) is 85.1 cm³/mol. The Morgan fingerprint density at radius 1 is 1.35 bits per heavy atom. The Hall–Kier alpha value is -2.76. The Morgan fingerprint density at radius 2 is 2.22 bits per heavy atom. The van der Waals surface area contributed by atoms with Crippen molar-refractivity contribution in [2.45, 2.75) is 26.3 Å². The summed E-state index contributed by atoms with van der Waals surface area (Å²) in [5.74, 6) is -0.0527. The highest BCUT2D eigenvalue weighted by Crippen LogP contribution is 2.29. The van der Waals surface area contributed by atoms with Crippen molar-refractivity contribution >= 4 is 11.6 Å². The zero-order valence-electron chi connectivity index (χ0n) is 13.1. The van der Waals surface area contributed by atoms with E-state index in [1.54, 1.807) is 23.0 Å². The second-order valence-electron chi connectivity index (χ2n) is 5.96. The van der Waals surface area contributed by atoms with Crippen LogP contribution in [0.1, 0.15) is 40.1 Å². The van der Waals surface area contributed by atoms with Crippen LogP contribution in [0.15, 0.2) is 36.9 Å². The van der Waals surface area contributed by atoms with E-state index in [0.29, 0.717) is 17.9 Å². The van der Waals surface area contributed by atoms with Gasteiger partial charge in [-0.15, -0.1) is 0 Å². The van der Waals surface area contributed by atoms with Gasteiger partial charge in [0, 0.05) is 37.4 Å². The molecule has 0 saturated carbocycles. The van der Waals surface area contributed by atoms with Crippen LogP contribution in [-0.4, -0.2) is 36.9 Å². The second kappa shape index (κ2) is 5.15. The van der Waals surface area contributed by atoms with E-state index in [9.17, 15) is 4.79 Å². The summed E-state index contributed by atoms with van der Waals surface area (Å²) >= 11 is 0. The van der Waals surface area contributed by atoms with Crippen LogP contribution >= 0.6 is 0 Å². The molecule has 0 radical (unpaired) electrons. The van der Waals surface area contributed by atoms with E-state index in [1.807, 2.05) is 37.2 Å². The number of aryl methyl sites for hydroxylation is 1. The molecule has 3 aromatic heterocycles. The number of carbonyl (C=O) groups is 1. The number of amides is 1. The summed E-state index contributed by atoms with van der Waals surface area (Å²) in [6.45, 7) is 4.68. The molecule has 0 saturated heterocycles. The Labute approximate surface area is 133 Å². The van der Waals surface area contributed by atoms with Gasteiger partial charge in [-0.25, -0.2) is 9.50 Å². The molecule has 6 heteroatoms. The fourth-order valence-electron chi connectivity index (χ4n) is 3.16. The average molecular weight is 307 g/mol. The molecular weight excluding hydrogens is 290 g/mol. The van der Waals surface area contributed by atoms with Crippen LogP contribution in [0.25, 0.3) is 5.65 Å². The Kier molecular flexibility index (Phi) is 3.11. The first kappa shape index (κ1) is 13.9. The molecule has 6 nitrogen and oxygen atoms in total. The van der Waals surface area contributed by atoms with Gasteiger partial charge in [-0.05, 0) is 43.0 Å². The molecule has 1 aliphatic rings. The van der Waals surface area contributed by atoms with Crippen LogP contribution in [-0.2, 0) is 6.42 Å². The topological polar surface area (TPSA) is 63.4 Å². The molecule has 1 aliphatic heterocycles. The van der Waals surface area contributed by atoms with Crippen LogP contribution in [0.2, 0.25) is 0 Å². The van der Waals surface area contributed by atoms with E-state index in [4.69, 9.17) is 0 Å². The molecule has 1 unspecified atom stereocenters. The lowest BCUT2D eigenvalue weighted by molar-refractivity contribution is 0.0671. The summed E-state index contributed by atoms with van der Waals surface area (Å²) < 4.78 is 1.66. The van der Waals surface area contributed by atoms with Crippen LogP contribution in [0.5, 0.6) is 0 Å². The molecule has 4 heterocycles. The van der Waals surface area contributed by atoms with Crippen molar-refractivity contribution in [1.82, 2.24) is 24.5 Å². The molecule has 0 spiro atoms. The molecule has 1 atom stereocenters. The van der Waals surface area contributed by atoms with Gasteiger partial charge in [-0.3, -0.25) is 9.78 Å². The smallest absolute Gasteiger partial charge is 0.274 e. The van der Waals surface area contributed by atoms with Gasteiger partial charge in [0.1, 0.15) is 0 Å². The molecule has 116 valence electrons. The lowest BCUT2D eigenvalue weighted by atomic mass is 9.95. The summed E-state index contributed by atoms with van der Waals surface area (Å²) in [5, 5.41) is 4.39. The van der Waals surface area contributed by atoms with Crippen molar-refractivity contribution in [3.63, 3.8) is 0 Å². The normalized spacial score (nSPS) is 17.3. The maximum Gasteiger partial charge on any atom is 0.274 e. The lowest BCUT2D eigenvalue weighted by Crippen LogP contribution is -2.39. The van der Waals surface area contributed by atoms with Crippen molar-refractivity contribution in [3.05, 3.63) is 59.3 Å². The van der Waals surface area contributed by atoms with Gasteiger partial charge in [0.2, 0.25) is 0 Å². The minimum atomic E-state index is -0.0527. The first-order valence-electron chi connectivity index (χ1n) is 7.69. The molecular formula is C17H17N5O. The molecule has 0 bridgehead atoms. The number of carbonyl (C=O) groups excluding carboxylic acids is 1. The summed E-state index contributed by atoms with van der Waals surface area (Å²) in [5.41, 5.74) is 4.52. The highest BCUT2D eigenvalue weighted by Gasteiger charge is 2.29. The number of pyridine rings is 1. The first-order valence-corrected chi connectivity index (χ1v) is 7.69. The quantitative estimate of drug-likeness (QED) is 0.691. The number of nitrogens with zero attached hydrogens (tertiary/aromatic N) is 5. The van der Waals surface area contributed by atoms with E-state index in [1.165, 1.54) is 5.56 Å². The summed E-state index contributed by atoms with van der Waals surface area (Å²) in [6.07, 6.45) is 8.15. The number of fused-ring (bicyclic) bond motifs is 2. The third kappa shape index (κ3) is 2.27. The monoisotopic (exact) mass is 307 g/mol. The molecule has 1 amide bonds. The summed E-state index contributed by atoms with van der Waals surface area (Å²) in [6, 6.07) is 3.76. The van der Waals surface area contributed by atoms with Gasteiger partial charge in [-0.1, -0.05) is 0 Å². The SMILES string of the molecule is Cc1cnc2cc(C(=O)N3CCc4cnccc4C3C)nn2c1. The molecule has 0 N–H and O–H groups in total. The lowest BCUT2D eigenvalue weighted by Gasteiger charge is -2.34. The second-order valence-corrected chi connectivity index (χ2v) is 5.96. The third-order valence-corrected chi connectivity index (χ3v) is 4.40. The molecule has 0 aliphatic carbocycles. The summed E-state index contributed by atoms with van der Waals surface area (Å²) in [7, 11) is 0. The summed E-state index contributed by atoms with van der Waals surface area (Å²) in [4.78, 5) is 23.2. The van der Waals surface area contributed by atoms with Crippen LogP contribution in [0, 0.1) is 6.92 Å². The maximum absolute atomic E-state index is 12.9. The van der Waals surface area contributed by atoms with E-state index in [2.05, 4.69) is 15.1 Å². The molecule has 0 aromatic carbocycles. The molecule has 4 rings (SSSR count). The minimum Gasteiger partial charge on any atom is -0.330 e. The number of rotatable bonds is 1. The maximum atomic E-state index is 12.9. The highest BCUT2D eigenvalue weighted by atomic mass is 16.2. The zero-order valence-corrected chi connectivity index (χ0v) is 13.1. The van der Waals surface area contributed by atoms with Gasteiger partial charge in [-0.2, -0.15) is 5.10 Å². The predicted octanol–water partition coefficient (Wildman–Crippen LogP) is 2.19. The first-order chi connectivity index (χ1) is 11.1. The van der Waals surface area contributed by atoms with Crippen molar-refractivity contribution in [2.75, 3.05) is 6.54 Å². The highest BCUT2D eigenvalue weighted by molar-refractivity contribution is 5.93. The van der Waals surface area contributed by atoms with Crippen LogP contribution < -0.4 is 0 Å².